The van der Waals surface area contributed by atoms with Gasteiger partial charge in [0.15, 0.2) is 8.68 Å². The molecule has 1 aromatic carbocycles. The molecular formula is C11H10ClFN2O2S2. The predicted molar refractivity (Wildman–Crippen MR) is 72.2 cm³/mol. The first kappa shape index (κ1) is 14.4. The molecule has 1 heterocycles. The predicted octanol–water partition coefficient (Wildman–Crippen LogP) is 2.76. The second-order valence-electron chi connectivity index (χ2n) is 3.82. The van der Waals surface area contributed by atoms with Gasteiger partial charge in [0.1, 0.15) is 5.82 Å². The molecule has 19 heavy (non-hydrogen) atoms. The molecule has 0 aliphatic rings. The van der Waals surface area contributed by atoms with Crippen molar-refractivity contribution in [3.05, 3.63) is 46.3 Å². The number of hydrogen-bond acceptors (Lipinski definition) is 4. The van der Waals surface area contributed by atoms with Gasteiger partial charge in [0.05, 0.1) is 6.20 Å². The molecule has 1 aromatic heterocycles. The van der Waals surface area contributed by atoms with Gasteiger partial charge in [-0.3, -0.25) is 0 Å². The van der Waals surface area contributed by atoms with Gasteiger partial charge in [-0.05, 0) is 17.7 Å². The third kappa shape index (κ3) is 3.30. The highest BCUT2D eigenvalue weighted by Gasteiger charge is 2.23. The summed E-state index contributed by atoms with van der Waals surface area (Å²) in [6.45, 7) is 0.151. The zero-order chi connectivity index (χ0) is 14.0. The third-order valence-electron chi connectivity index (χ3n) is 2.44. The normalized spacial score (nSPS) is 12.0. The van der Waals surface area contributed by atoms with E-state index in [2.05, 4.69) is 4.98 Å². The van der Waals surface area contributed by atoms with Crippen LogP contribution in [-0.4, -0.2) is 24.8 Å². The Kier molecular flexibility index (Phi) is 4.19. The molecule has 0 aliphatic carbocycles. The number of aromatic nitrogens is 1. The van der Waals surface area contributed by atoms with E-state index in [1.807, 2.05) is 0 Å². The molecule has 102 valence electrons. The molecule has 0 unspecified atom stereocenters. The summed E-state index contributed by atoms with van der Waals surface area (Å²) >= 11 is 6.53. The second-order valence-corrected chi connectivity index (χ2v) is 7.70. The molecule has 0 radical (unpaired) electrons. The molecule has 0 amide bonds. The summed E-state index contributed by atoms with van der Waals surface area (Å²) in [7, 11) is -2.16. The van der Waals surface area contributed by atoms with E-state index in [0.717, 1.165) is 11.3 Å². The van der Waals surface area contributed by atoms with E-state index in [1.54, 1.807) is 12.1 Å². The van der Waals surface area contributed by atoms with E-state index in [9.17, 15) is 12.8 Å². The van der Waals surface area contributed by atoms with E-state index in [-0.39, 0.29) is 21.0 Å². The molecule has 0 saturated heterocycles. The Labute approximate surface area is 119 Å². The van der Waals surface area contributed by atoms with Crippen LogP contribution in [0.3, 0.4) is 0 Å². The van der Waals surface area contributed by atoms with Crippen LogP contribution < -0.4 is 0 Å². The minimum absolute atomic E-state index is 0.0853. The fourth-order valence-electron chi connectivity index (χ4n) is 1.44. The average molecular weight is 321 g/mol. The fraction of sp³-hybridized carbons (Fsp3) is 0.182. The van der Waals surface area contributed by atoms with E-state index >= 15 is 0 Å². The van der Waals surface area contributed by atoms with Crippen molar-refractivity contribution in [1.29, 1.82) is 0 Å². The highest BCUT2D eigenvalue weighted by Crippen LogP contribution is 2.25. The maximum atomic E-state index is 12.8. The van der Waals surface area contributed by atoms with Gasteiger partial charge < -0.3 is 0 Å². The number of rotatable bonds is 4. The average Bonchev–Trinajstić information content (AvgIpc) is 2.79. The van der Waals surface area contributed by atoms with Crippen LogP contribution in [0.2, 0.25) is 4.47 Å². The summed E-state index contributed by atoms with van der Waals surface area (Å²) in [5.74, 6) is -0.358. The lowest BCUT2D eigenvalue weighted by Crippen LogP contribution is -2.25. The summed E-state index contributed by atoms with van der Waals surface area (Å²) in [5.41, 5.74) is 0.697. The van der Waals surface area contributed by atoms with Gasteiger partial charge in [0.2, 0.25) is 0 Å². The van der Waals surface area contributed by atoms with Crippen molar-refractivity contribution in [2.75, 3.05) is 7.05 Å². The standard InChI is InChI=1S/C11H10ClFN2O2S2/c1-15(7-8-2-4-9(13)5-3-8)19(16,17)10-6-14-11(12)18-10/h2-6H,7H2,1H3. The van der Waals surface area contributed by atoms with Crippen LogP contribution in [0.15, 0.2) is 34.7 Å². The quantitative estimate of drug-likeness (QED) is 0.870. The van der Waals surface area contributed by atoms with Crippen molar-refractivity contribution in [3.63, 3.8) is 0 Å². The zero-order valence-electron chi connectivity index (χ0n) is 9.88. The molecule has 8 heteroatoms. The van der Waals surface area contributed by atoms with E-state index in [0.29, 0.717) is 5.56 Å². The minimum atomic E-state index is -3.62. The number of sulfonamides is 1. The van der Waals surface area contributed by atoms with Gasteiger partial charge in [-0.1, -0.05) is 35.1 Å². The lowest BCUT2D eigenvalue weighted by Gasteiger charge is -2.15. The monoisotopic (exact) mass is 320 g/mol. The number of benzene rings is 1. The Morgan fingerprint density at radius 2 is 2.00 bits per heavy atom. The largest absolute Gasteiger partial charge is 0.254 e. The molecule has 0 aliphatic heterocycles. The SMILES string of the molecule is CN(Cc1ccc(F)cc1)S(=O)(=O)c1cnc(Cl)s1. The first-order chi connectivity index (χ1) is 8.89. The number of halogens is 2. The molecular weight excluding hydrogens is 311 g/mol. The second kappa shape index (κ2) is 5.54. The maximum absolute atomic E-state index is 12.8. The topological polar surface area (TPSA) is 50.3 Å². The van der Waals surface area contributed by atoms with Crippen molar-refractivity contribution >= 4 is 33.0 Å². The van der Waals surface area contributed by atoms with Crippen LogP contribution in [0, 0.1) is 5.82 Å². The molecule has 0 fully saturated rings. The van der Waals surface area contributed by atoms with Crippen LogP contribution in [0.4, 0.5) is 4.39 Å². The van der Waals surface area contributed by atoms with Crippen molar-refractivity contribution in [2.45, 2.75) is 10.8 Å². The Hall–Kier alpha value is -1.02. The molecule has 0 atom stereocenters. The summed E-state index contributed by atoms with van der Waals surface area (Å²) in [6.07, 6.45) is 1.23. The first-order valence-corrected chi connectivity index (χ1v) is 7.85. The van der Waals surface area contributed by atoms with Crippen molar-refractivity contribution in [3.8, 4) is 0 Å². The Morgan fingerprint density at radius 3 is 2.53 bits per heavy atom. The van der Waals surface area contributed by atoms with Gasteiger partial charge in [-0.15, -0.1) is 0 Å². The number of hydrogen-bond donors (Lipinski definition) is 0. The lowest BCUT2D eigenvalue weighted by molar-refractivity contribution is 0.468. The van der Waals surface area contributed by atoms with E-state index in [4.69, 9.17) is 11.6 Å². The summed E-state index contributed by atoms with van der Waals surface area (Å²) in [4.78, 5) is 3.71. The van der Waals surface area contributed by atoms with Crippen LogP contribution in [0.1, 0.15) is 5.56 Å². The van der Waals surface area contributed by atoms with E-state index in [1.165, 1.54) is 29.7 Å². The molecule has 0 bridgehead atoms. The summed E-state index contributed by atoms with van der Waals surface area (Å²) in [6, 6.07) is 5.67. The summed E-state index contributed by atoms with van der Waals surface area (Å²) in [5, 5.41) is 0. The van der Waals surface area contributed by atoms with Crippen molar-refractivity contribution < 1.29 is 12.8 Å². The first-order valence-electron chi connectivity index (χ1n) is 5.22. The van der Waals surface area contributed by atoms with Gasteiger partial charge in [0, 0.05) is 13.6 Å². The van der Waals surface area contributed by atoms with E-state index < -0.39 is 10.0 Å². The summed E-state index contributed by atoms with van der Waals surface area (Å²) < 4.78 is 38.6. The van der Waals surface area contributed by atoms with Gasteiger partial charge in [-0.2, -0.15) is 4.31 Å². The molecule has 0 saturated carbocycles. The van der Waals surface area contributed by atoms with Gasteiger partial charge in [0.25, 0.3) is 10.0 Å². The number of thiazole rings is 1. The third-order valence-corrected chi connectivity index (χ3v) is 5.79. The Balaban J connectivity index is 2.19. The number of nitrogens with zero attached hydrogens (tertiary/aromatic N) is 2. The zero-order valence-corrected chi connectivity index (χ0v) is 12.3. The minimum Gasteiger partial charge on any atom is -0.232 e. The van der Waals surface area contributed by atoms with Crippen molar-refractivity contribution in [1.82, 2.24) is 9.29 Å². The molecule has 0 N–H and O–H groups in total. The van der Waals surface area contributed by atoms with Crippen LogP contribution in [0.25, 0.3) is 0 Å². The maximum Gasteiger partial charge on any atom is 0.254 e. The Morgan fingerprint density at radius 1 is 1.37 bits per heavy atom. The van der Waals surface area contributed by atoms with Crippen LogP contribution >= 0.6 is 22.9 Å². The highest BCUT2D eigenvalue weighted by atomic mass is 35.5. The van der Waals surface area contributed by atoms with Gasteiger partial charge in [-0.25, -0.2) is 17.8 Å². The lowest BCUT2D eigenvalue weighted by atomic mass is 10.2. The molecule has 4 nitrogen and oxygen atoms in total. The van der Waals surface area contributed by atoms with Gasteiger partial charge >= 0.3 is 0 Å². The van der Waals surface area contributed by atoms with Crippen LogP contribution in [0.5, 0.6) is 0 Å². The van der Waals surface area contributed by atoms with Crippen LogP contribution in [-0.2, 0) is 16.6 Å². The fourth-order valence-corrected chi connectivity index (χ4v) is 4.11. The molecule has 0 spiro atoms. The molecule has 2 aromatic rings. The van der Waals surface area contributed by atoms with Crippen molar-refractivity contribution in [2.24, 2.45) is 0 Å². The smallest absolute Gasteiger partial charge is 0.232 e. The molecule has 2 rings (SSSR count). The highest BCUT2D eigenvalue weighted by molar-refractivity contribution is 7.91. The Bertz CT molecular complexity index is 670.